The number of nitrogens with one attached hydrogen (secondary N) is 1. The average Bonchev–Trinajstić information content (AvgIpc) is 2.35. The van der Waals surface area contributed by atoms with Crippen LogP contribution in [0, 0.1) is 5.82 Å². The van der Waals surface area contributed by atoms with Gasteiger partial charge in [-0.1, -0.05) is 0 Å². The highest BCUT2D eigenvalue weighted by molar-refractivity contribution is 9.10. The molecule has 1 aromatic heterocycles. The van der Waals surface area contributed by atoms with Gasteiger partial charge in [0.05, 0.1) is 23.0 Å². The van der Waals surface area contributed by atoms with Crippen molar-refractivity contribution >= 4 is 37.5 Å². The maximum absolute atomic E-state index is 13.2. The van der Waals surface area contributed by atoms with Gasteiger partial charge in [-0.15, -0.1) is 0 Å². The largest absolute Gasteiger partial charge is 0.396 e. The lowest BCUT2D eigenvalue weighted by Gasteiger charge is -2.07. The van der Waals surface area contributed by atoms with Crippen LogP contribution in [0.2, 0.25) is 0 Å². The van der Waals surface area contributed by atoms with E-state index in [1.54, 1.807) is 0 Å². The number of sulfonamides is 1. The lowest BCUT2D eigenvalue weighted by Crippen LogP contribution is -2.14. The number of hydrogen-bond donors (Lipinski definition) is 2. The fourth-order valence-corrected chi connectivity index (χ4v) is 2.45. The minimum absolute atomic E-state index is 0.0282. The molecule has 2 aromatic rings. The minimum Gasteiger partial charge on any atom is -0.396 e. The van der Waals surface area contributed by atoms with E-state index in [-0.39, 0.29) is 16.4 Å². The number of halogens is 2. The van der Waals surface area contributed by atoms with Crippen molar-refractivity contribution in [2.24, 2.45) is 0 Å². The number of nitrogens with two attached hydrogens (primary N) is 1. The van der Waals surface area contributed by atoms with Gasteiger partial charge in [0.15, 0.2) is 5.82 Å². The molecule has 9 heteroatoms. The van der Waals surface area contributed by atoms with E-state index in [0.717, 1.165) is 6.07 Å². The molecule has 0 bridgehead atoms. The molecule has 0 saturated heterocycles. The van der Waals surface area contributed by atoms with Crippen molar-refractivity contribution in [2.45, 2.75) is 4.90 Å². The first kappa shape index (κ1) is 13.7. The van der Waals surface area contributed by atoms with Crippen LogP contribution in [-0.2, 0) is 10.0 Å². The maximum atomic E-state index is 13.2. The molecule has 0 saturated carbocycles. The van der Waals surface area contributed by atoms with Crippen molar-refractivity contribution in [3.8, 4) is 0 Å². The van der Waals surface area contributed by atoms with Crippen LogP contribution in [0.3, 0.4) is 0 Å². The van der Waals surface area contributed by atoms with Crippen LogP contribution in [-0.4, -0.2) is 18.4 Å². The molecule has 3 N–H and O–H groups in total. The van der Waals surface area contributed by atoms with Gasteiger partial charge in [0.2, 0.25) is 0 Å². The summed E-state index contributed by atoms with van der Waals surface area (Å²) in [5.41, 5.74) is 5.16. The molecule has 2 rings (SSSR count). The summed E-state index contributed by atoms with van der Waals surface area (Å²) >= 11 is 3.07. The molecule has 0 fully saturated rings. The van der Waals surface area contributed by atoms with Gasteiger partial charge >= 0.3 is 0 Å². The predicted molar refractivity (Wildman–Crippen MR) is 71.4 cm³/mol. The molecule has 0 radical (unpaired) electrons. The Balaban J connectivity index is 2.32. The zero-order valence-electron chi connectivity index (χ0n) is 9.34. The Morgan fingerprint density at radius 2 is 2.00 bits per heavy atom. The van der Waals surface area contributed by atoms with Crippen LogP contribution < -0.4 is 10.5 Å². The summed E-state index contributed by atoms with van der Waals surface area (Å²) in [6, 6.07) is 3.22. The molecule has 0 aliphatic heterocycles. The van der Waals surface area contributed by atoms with E-state index in [1.165, 1.54) is 24.5 Å². The molecule has 0 aliphatic rings. The first-order valence-electron chi connectivity index (χ1n) is 4.94. The van der Waals surface area contributed by atoms with E-state index in [4.69, 9.17) is 5.73 Å². The van der Waals surface area contributed by atoms with Crippen molar-refractivity contribution in [2.75, 3.05) is 10.5 Å². The molecule has 19 heavy (non-hydrogen) atoms. The first-order chi connectivity index (χ1) is 8.88. The van der Waals surface area contributed by atoms with Crippen molar-refractivity contribution in [3.63, 3.8) is 0 Å². The summed E-state index contributed by atoms with van der Waals surface area (Å²) in [4.78, 5) is 7.39. The molecular formula is C10H8BrFN4O2S. The third kappa shape index (κ3) is 3.18. The Morgan fingerprint density at radius 3 is 2.58 bits per heavy atom. The maximum Gasteiger partial charge on any atom is 0.263 e. The molecular weight excluding hydrogens is 339 g/mol. The molecule has 0 amide bonds. The number of nitrogens with zero attached hydrogens (tertiary/aromatic N) is 2. The number of aromatic nitrogens is 2. The lowest BCUT2D eigenvalue weighted by molar-refractivity contribution is 0.596. The van der Waals surface area contributed by atoms with E-state index in [2.05, 4.69) is 30.6 Å². The van der Waals surface area contributed by atoms with Crippen molar-refractivity contribution in [1.82, 2.24) is 9.97 Å². The molecule has 0 unspecified atom stereocenters. The zero-order chi connectivity index (χ0) is 14.0. The normalized spacial score (nSPS) is 11.3. The number of rotatable bonds is 3. The lowest BCUT2D eigenvalue weighted by atomic mass is 10.3. The van der Waals surface area contributed by atoms with Gasteiger partial charge < -0.3 is 5.73 Å². The van der Waals surface area contributed by atoms with Crippen LogP contribution in [0.5, 0.6) is 0 Å². The minimum atomic E-state index is -3.93. The third-order valence-corrected chi connectivity index (χ3v) is 3.90. The van der Waals surface area contributed by atoms with Crippen LogP contribution in [0.25, 0.3) is 0 Å². The fraction of sp³-hybridized carbons (Fsp3) is 0. The van der Waals surface area contributed by atoms with Crippen molar-refractivity contribution in [1.29, 1.82) is 0 Å². The van der Waals surface area contributed by atoms with Crippen molar-refractivity contribution < 1.29 is 12.8 Å². The Morgan fingerprint density at radius 1 is 1.26 bits per heavy atom. The average molecular weight is 347 g/mol. The summed E-state index contributed by atoms with van der Waals surface area (Å²) in [6.07, 6.45) is 2.57. The molecule has 100 valence electrons. The SMILES string of the molecule is Nc1ccc(S(=O)(=O)Nc2cnc(Br)cn2)cc1F. The fourth-order valence-electron chi connectivity index (χ4n) is 1.24. The van der Waals surface area contributed by atoms with Crippen LogP contribution in [0.15, 0.2) is 40.1 Å². The Bertz CT molecular complexity index is 706. The smallest absolute Gasteiger partial charge is 0.263 e. The van der Waals surface area contributed by atoms with E-state index >= 15 is 0 Å². The number of hydrogen-bond acceptors (Lipinski definition) is 5. The second-order valence-corrected chi connectivity index (χ2v) is 6.01. The molecule has 1 heterocycles. The summed E-state index contributed by atoms with van der Waals surface area (Å²) in [5.74, 6) is -0.773. The topological polar surface area (TPSA) is 98.0 Å². The Hall–Kier alpha value is -1.74. The third-order valence-electron chi connectivity index (χ3n) is 2.14. The second kappa shape index (κ2) is 5.10. The van der Waals surface area contributed by atoms with Crippen LogP contribution in [0.4, 0.5) is 15.9 Å². The molecule has 0 atom stereocenters. The molecule has 6 nitrogen and oxygen atoms in total. The van der Waals surface area contributed by atoms with E-state index in [9.17, 15) is 12.8 Å². The number of benzene rings is 1. The van der Waals surface area contributed by atoms with E-state index in [0.29, 0.717) is 4.60 Å². The van der Waals surface area contributed by atoms with Gasteiger partial charge in [0.25, 0.3) is 10.0 Å². The summed E-state index contributed by atoms with van der Waals surface area (Å²) in [7, 11) is -3.93. The van der Waals surface area contributed by atoms with Gasteiger partial charge in [-0.2, -0.15) is 0 Å². The number of anilines is 2. The second-order valence-electron chi connectivity index (χ2n) is 3.51. The first-order valence-corrected chi connectivity index (χ1v) is 7.21. The van der Waals surface area contributed by atoms with Gasteiger partial charge in [-0.25, -0.2) is 22.8 Å². The van der Waals surface area contributed by atoms with E-state index in [1.807, 2.05) is 0 Å². The van der Waals surface area contributed by atoms with Gasteiger partial charge in [-0.05, 0) is 34.1 Å². The summed E-state index contributed by atoms with van der Waals surface area (Å²) in [5, 5.41) is 0. The Kier molecular flexibility index (Phi) is 3.67. The highest BCUT2D eigenvalue weighted by Gasteiger charge is 2.16. The van der Waals surface area contributed by atoms with Gasteiger partial charge in [-0.3, -0.25) is 4.72 Å². The van der Waals surface area contributed by atoms with Gasteiger partial charge in [0.1, 0.15) is 10.4 Å². The summed E-state index contributed by atoms with van der Waals surface area (Å²) < 4.78 is 39.8. The number of nitrogen functional groups attached to an aromatic ring is 1. The monoisotopic (exact) mass is 346 g/mol. The molecule has 0 spiro atoms. The van der Waals surface area contributed by atoms with Crippen molar-refractivity contribution in [3.05, 3.63) is 41.0 Å². The van der Waals surface area contributed by atoms with Crippen LogP contribution >= 0.6 is 15.9 Å². The Labute approximate surface area is 117 Å². The molecule has 1 aromatic carbocycles. The highest BCUT2D eigenvalue weighted by atomic mass is 79.9. The van der Waals surface area contributed by atoms with E-state index < -0.39 is 15.8 Å². The zero-order valence-corrected chi connectivity index (χ0v) is 11.7. The standard InChI is InChI=1S/C10H8BrFN4O2S/c11-9-4-15-10(5-14-9)16-19(17,18)6-1-2-8(13)7(12)3-6/h1-5H,13H2,(H,15,16). The predicted octanol–water partition coefficient (Wildman–Crippen LogP) is 1.76. The highest BCUT2D eigenvalue weighted by Crippen LogP contribution is 2.18. The quantitative estimate of drug-likeness (QED) is 0.825. The van der Waals surface area contributed by atoms with Crippen LogP contribution in [0.1, 0.15) is 0 Å². The summed E-state index contributed by atoms with van der Waals surface area (Å²) in [6.45, 7) is 0. The molecule has 0 aliphatic carbocycles. The van der Waals surface area contributed by atoms with Gasteiger partial charge in [0, 0.05) is 0 Å².